The zero-order chi connectivity index (χ0) is 53.3. The third-order valence-electron chi connectivity index (χ3n) is 11.5. The summed E-state index contributed by atoms with van der Waals surface area (Å²) in [5, 5.41) is -1.93. The third-order valence-corrected chi connectivity index (χ3v) is 15.2. The van der Waals surface area contributed by atoms with Gasteiger partial charge in [-0.1, -0.05) is 25.1 Å². The van der Waals surface area contributed by atoms with E-state index in [9.17, 15) is 39.5 Å². The molecule has 0 unspecified atom stereocenters. The van der Waals surface area contributed by atoms with Crippen molar-refractivity contribution in [1.82, 2.24) is 0 Å². The van der Waals surface area contributed by atoms with Crippen molar-refractivity contribution in [2.75, 3.05) is 13.2 Å². The van der Waals surface area contributed by atoms with Crippen molar-refractivity contribution in [3.63, 3.8) is 0 Å². The molecular formula is C49H30BF19O2Si. The second-order valence-corrected chi connectivity index (χ2v) is 18.6. The van der Waals surface area contributed by atoms with Crippen LogP contribution in [0.1, 0.15) is 37.5 Å². The largest absolute Gasteiger partial charge is 0.391 e. The topological polar surface area (TPSA) is 18.5 Å². The Labute approximate surface area is 397 Å². The Morgan fingerprint density at radius 3 is 0.736 bits per heavy atom. The van der Waals surface area contributed by atoms with Crippen LogP contribution in [-0.4, -0.2) is 27.9 Å². The lowest BCUT2D eigenvalue weighted by Crippen LogP contribution is -2.81. The maximum atomic E-state index is 16.7. The lowest BCUT2D eigenvalue weighted by molar-refractivity contribution is 0.194. The van der Waals surface area contributed by atoms with E-state index in [1.165, 1.54) is 22.6 Å². The minimum Gasteiger partial charge on any atom is -0.391 e. The summed E-state index contributed by atoms with van der Waals surface area (Å²) in [6.07, 6.45) is -7.18. The van der Waals surface area contributed by atoms with Gasteiger partial charge in [-0.05, 0) is 92.7 Å². The van der Waals surface area contributed by atoms with Crippen LogP contribution in [0.3, 0.4) is 0 Å². The van der Waals surface area contributed by atoms with Crippen LogP contribution in [0.5, 0.6) is 0 Å². The molecule has 7 rings (SSSR count). The fourth-order valence-corrected chi connectivity index (χ4v) is 11.5. The molecule has 0 saturated heterocycles. The van der Waals surface area contributed by atoms with Gasteiger partial charge in [-0.15, -0.1) is 21.9 Å². The standard InChI is InChI=1S/C30H15BF19O2Si.C19H15/c1-4-51-53(6-3,52-5-2)30-28(49)17(38)10(18(39)29(30)50)31(7-11(32)19(40)25(46)20(41)12(7)33,8-13(34)21(42)26(47)22(43)14(8)35)9-15(36)23(44)27(48)24(45)16(9)37;1-4-10-16(11-5-1)19(17-12-6-2-7-13-17)18-14-8-3-9-15-18/h4-6H2,1-3H3;1-15H/q-1;+1. The van der Waals surface area contributed by atoms with E-state index in [0.717, 1.165) is 20.8 Å². The molecule has 7 aromatic carbocycles. The molecule has 0 fully saturated rings. The Kier molecular flexibility index (Phi) is 16.3. The van der Waals surface area contributed by atoms with Gasteiger partial charge in [0.15, 0.2) is 64.0 Å². The Hall–Kier alpha value is -6.72. The molecule has 2 nitrogen and oxygen atoms in total. The van der Waals surface area contributed by atoms with E-state index in [1.807, 2.05) is 0 Å². The summed E-state index contributed by atoms with van der Waals surface area (Å²) in [6, 6.07) is 30.9. The highest BCUT2D eigenvalue weighted by atomic mass is 28.4. The molecule has 0 aliphatic carbocycles. The predicted molar refractivity (Wildman–Crippen MR) is 228 cm³/mol. The van der Waals surface area contributed by atoms with Crippen molar-refractivity contribution in [1.29, 1.82) is 0 Å². The summed E-state index contributed by atoms with van der Waals surface area (Å²) in [5.74, 6) is -64.2. The molecule has 0 amide bonds. The molecule has 0 bridgehead atoms. The van der Waals surface area contributed by atoms with Gasteiger partial charge < -0.3 is 8.85 Å². The molecular weight excluding hydrogens is 1020 g/mol. The molecule has 0 saturated carbocycles. The van der Waals surface area contributed by atoms with Crippen LogP contribution in [-0.2, 0) is 8.85 Å². The van der Waals surface area contributed by atoms with Gasteiger partial charge in [0.2, 0.25) is 0 Å². The summed E-state index contributed by atoms with van der Waals surface area (Å²) >= 11 is 0. The SMILES string of the molecule is CCO[Si](CC)(OCC)c1c(F)c(F)c([B-](c2c(F)c(F)c(F)c(F)c2F)(c2c(F)c(F)c(F)c(F)c2F)c2c(F)c(F)c(F)c(F)c2F)c(F)c1F.c1ccc([C+](c2ccccc2)c2ccccc2)cc1. The predicted octanol–water partition coefficient (Wildman–Crippen LogP) is 11.2. The summed E-state index contributed by atoms with van der Waals surface area (Å²) in [6.45, 7) is 2.13. The van der Waals surface area contributed by atoms with Crippen molar-refractivity contribution in [3.05, 3.63) is 224 Å². The van der Waals surface area contributed by atoms with Crippen LogP contribution >= 0.6 is 0 Å². The van der Waals surface area contributed by atoms with E-state index in [1.54, 1.807) is 0 Å². The molecule has 72 heavy (non-hydrogen) atoms. The van der Waals surface area contributed by atoms with Crippen molar-refractivity contribution in [3.8, 4) is 0 Å². The average molecular weight is 1050 g/mol. The maximum absolute atomic E-state index is 16.7. The number of hydrogen-bond donors (Lipinski definition) is 0. The lowest BCUT2D eigenvalue weighted by Gasteiger charge is -2.45. The van der Waals surface area contributed by atoms with E-state index < -0.39 is 172 Å². The first-order valence-electron chi connectivity index (χ1n) is 20.9. The zero-order valence-corrected chi connectivity index (χ0v) is 37.9. The lowest BCUT2D eigenvalue weighted by atomic mass is 9.12. The summed E-state index contributed by atoms with van der Waals surface area (Å²) in [4.78, 5) is 0. The smallest absolute Gasteiger partial charge is 0.378 e. The molecule has 0 N–H and O–H groups in total. The Bertz CT molecular complexity index is 2780. The summed E-state index contributed by atoms with van der Waals surface area (Å²) in [7, 11) is -4.94. The first-order valence-corrected chi connectivity index (χ1v) is 23.0. The van der Waals surface area contributed by atoms with E-state index in [2.05, 4.69) is 91.0 Å². The van der Waals surface area contributed by atoms with Gasteiger partial charge in [0.25, 0.3) is 0 Å². The molecule has 0 aliphatic rings. The Morgan fingerprint density at radius 2 is 0.528 bits per heavy atom. The van der Waals surface area contributed by atoms with Crippen LogP contribution in [0.4, 0.5) is 83.4 Å². The molecule has 0 aromatic heterocycles. The molecule has 7 aromatic rings. The van der Waals surface area contributed by atoms with Crippen molar-refractivity contribution < 1.29 is 92.3 Å². The van der Waals surface area contributed by atoms with E-state index >= 15 is 43.9 Å². The van der Waals surface area contributed by atoms with Gasteiger partial charge >= 0.3 is 8.56 Å². The Balaban J connectivity index is 0.000000368. The minimum absolute atomic E-state index is 0.586. The quantitative estimate of drug-likeness (QED) is 0.0286. The molecule has 0 atom stereocenters. The number of rotatable bonds is 13. The third kappa shape index (κ3) is 8.88. The molecule has 0 aliphatic heterocycles. The van der Waals surface area contributed by atoms with Gasteiger partial charge in [0.1, 0.15) is 52.7 Å². The second-order valence-electron chi connectivity index (χ2n) is 15.3. The average Bonchev–Trinajstić information content (AvgIpc) is 3.38. The molecule has 0 heterocycles. The molecule has 0 spiro atoms. The summed E-state index contributed by atoms with van der Waals surface area (Å²) < 4.78 is 303. The second kappa shape index (κ2) is 21.6. The van der Waals surface area contributed by atoms with Gasteiger partial charge in [-0.25, -0.2) is 83.4 Å². The van der Waals surface area contributed by atoms with Gasteiger partial charge in [-0.3, -0.25) is 0 Å². The van der Waals surface area contributed by atoms with Crippen molar-refractivity contribution in [2.24, 2.45) is 0 Å². The molecule has 378 valence electrons. The van der Waals surface area contributed by atoms with Gasteiger partial charge in [0.05, 0.1) is 27.8 Å². The van der Waals surface area contributed by atoms with Crippen molar-refractivity contribution in [2.45, 2.75) is 26.8 Å². The monoisotopic (exact) mass is 1050 g/mol. The first kappa shape index (κ1) is 54.6. The highest BCUT2D eigenvalue weighted by molar-refractivity contribution is 7.20. The normalized spacial score (nSPS) is 11.8. The maximum Gasteiger partial charge on any atom is 0.378 e. The van der Waals surface area contributed by atoms with E-state index in [4.69, 9.17) is 8.85 Å². The number of benzene rings is 7. The zero-order valence-electron chi connectivity index (χ0n) is 36.9. The molecule has 23 heteroatoms. The number of hydrogen-bond acceptors (Lipinski definition) is 2. The fraction of sp³-hybridized carbons (Fsp3) is 0.122. The van der Waals surface area contributed by atoms with Gasteiger partial charge in [-0.2, -0.15) is 0 Å². The summed E-state index contributed by atoms with van der Waals surface area (Å²) in [5.41, 5.74) is -10.1. The molecule has 0 radical (unpaired) electrons. The fourth-order valence-electron chi connectivity index (χ4n) is 8.58. The van der Waals surface area contributed by atoms with Gasteiger partial charge in [0, 0.05) is 13.2 Å². The van der Waals surface area contributed by atoms with Crippen LogP contribution in [0, 0.1) is 116 Å². The first-order chi connectivity index (χ1) is 34.0. The van der Waals surface area contributed by atoms with E-state index in [0.29, 0.717) is 0 Å². The van der Waals surface area contributed by atoms with Crippen LogP contribution in [0.25, 0.3) is 0 Å². The van der Waals surface area contributed by atoms with E-state index in [-0.39, 0.29) is 0 Å². The highest BCUT2D eigenvalue weighted by Gasteiger charge is 2.54. The highest BCUT2D eigenvalue weighted by Crippen LogP contribution is 2.33. The minimum atomic E-state index is -7.18. The van der Waals surface area contributed by atoms with Crippen molar-refractivity contribution >= 4 is 41.7 Å². The van der Waals surface area contributed by atoms with Crippen LogP contribution in [0.15, 0.2) is 91.0 Å². The van der Waals surface area contributed by atoms with Crippen LogP contribution < -0.4 is 27.0 Å². The van der Waals surface area contributed by atoms with Crippen LogP contribution in [0.2, 0.25) is 6.04 Å². The Morgan fingerprint density at radius 1 is 0.319 bits per heavy atom. The number of halogens is 19.